The van der Waals surface area contributed by atoms with E-state index in [1.807, 2.05) is 0 Å². The molecule has 0 unspecified atom stereocenters. The highest BCUT2D eigenvalue weighted by Crippen LogP contribution is 2.37. The predicted molar refractivity (Wildman–Crippen MR) is 49.7 cm³/mol. The normalized spacial score (nSPS) is 11.0. The summed E-state index contributed by atoms with van der Waals surface area (Å²) < 4.78 is 37.1. The molecule has 0 bridgehead atoms. The van der Waals surface area contributed by atoms with Crippen LogP contribution in [0.25, 0.3) is 0 Å². The van der Waals surface area contributed by atoms with Crippen LogP contribution in [0.2, 0.25) is 0 Å². The van der Waals surface area contributed by atoms with E-state index >= 15 is 0 Å². The lowest BCUT2D eigenvalue weighted by Crippen LogP contribution is -2.11. The molecule has 0 atom stereocenters. The second-order valence-electron chi connectivity index (χ2n) is 2.92. The Bertz CT molecular complexity index is 472. The van der Waals surface area contributed by atoms with Crippen molar-refractivity contribution < 1.29 is 28.0 Å². The summed E-state index contributed by atoms with van der Waals surface area (Å²) in [6.07, 6.45) is -6.40. The summed E-state index contributed by atoms with van der Waals surface area (Å²) in [5.41, 5.74) is -2.95. The fraction of sp³-hybridized carbons (Fsp3) is 0.125. The van der Waals surface area contributed by atoms with E-state index in [0.29, 0.717) is 12.1 Å². The number of carbonyl (C=O) groups is 1. The van der Waals surface area contributed by atoms with E-state index in [-0.39, 0.29) is 5.69 Å². The summed E-state index contributed by atoms with van der Waals surface area (Å²) >= 11 is 0. The van der Waals surface area contributed by atoms with Crippen LogP contribution in [-0.4, -0.2) is 16.1 Å². The van der Waals surface area contributed by atoms with E-state index in [1.165, 1.54) is 0 Å². The number of benzene rings is 1. The molecule has 6 nitrogen and oxygen atoms in total. The molecule has 0 aliphatic carbocycles. The molecule has 1 amide bonds. The highest BCUT2D eigenvalue weighted by molar-refractivity contribution is 5.83. The van der Waals surface area contributed by atoms with Gasteiger partial charge in [-0.15, -0.1) is 0 Å². The second-order valence-corrected chi connectivity index (χ2v) is 2.92. The number of halogens is 3. The number of hydrogen-bond donors (Lipinski definition) is 2. The first-order valence-corrected chi connectivity index (χ1v) is 4.07. The van der Waals surface area contributed by atoms with Crippen LogP contribution in [0.1, 0.15) is 5.56 Å². The van der Waals surface area contributed by atoms with Crippen molar-refractivity contribution in [3.05, 3.63) is 33.9 Å². The number of alkyl halides is 3. The van der Waals surface area contributed by atoms with Crippen molar-refractivity contribution in [2.45, 2.75) is 6.18 Å². The Kier molecular flexibility index (Phi) is 3.21. The Labute approximate surface area is 91.8 Å². The molecule has 2 N–H and O–H groups in total. The highest BCUT2D eigenvalue weighted by Gasteiger charge is 2.38. The van der Waals surface area contributed by atoms with Crippen LogP contribution in [0.4, 0.5) is 29.3 Å². The molecule has 0 radical (unpaired) electrons. The van der Waals surface area contributed by atoms with Gasteiger partial charge in [0.1, 0.15) is 5.56 Å². The molecule has 0 spiro atoms. The molecule has 0 saturated heterocycles. The highest BCUT2D eigenvalue weighted by atomic mass is 19.4. The molecule has 9 heteroatoms. The Hall–Kier alpha value is -2.32. The van der Waals surface area contributed by atoms with Gasteiger partial charge in [0.05, 0.1) is 10.6 Å². The van der Waals surface area contributed by atoms with Crippen molar-refractivity contribution in [1.29, 1.82) is 0 Å². The maximum atomic E-state index is 12.4. The number of anilines is 1. The van der Waals surface area contributed by atoms with Crippen molar-refractivity contribution in [1.82, 2.24) is 0 Å². The van der Waals surface area contributed by atoms with Gasteiger partial charge >= 0.3 is 12.3 Å². The lowest BCUT2D eigenvalue weighted by molar-refractivity contribution is -0.388. The van der Waals surface area contributed by atoms with Crippen LogP contribution in [0.15, 0.2) is 18.2 Å². The van der Waals surface area contributed by atoms with E-state index in [4.69, 9.17) is 5.11 Å². The van der Waals surface area contributed by atoms with Gasteiger partial charge in [-0.1, -0.05) is 0 Å². The fourth-order valence-electron chi connectivity index (χ4n) is 1.12. The van der Waals surface area contributed by atoms with Gasteiger partial charge < -0.3 is 5.11 Å². The summed E-state index contributed by atoms with van der Waals surface area (Å²) in [7, 11) is 0. The average Bonchev–Trinajstić information content (AvgIpc) is 2.14. The van der Waals surface area contributed by atoms with Gasteiger partial charge in [-0.2, -0.15) is 13.2 Å². The van der Waals surface area contributed by atoms with Crippen LogP contribution in [0.3, 0.4) is 0 Å². The largest absolute Gasteiger partial charge is 0.465 e. The topological polar surface area (TPSA) is 92.5 Å². The number of amides is 1. The maximum Gasteiger partial charge on any atom is 0.423 e. The zero-order valence-corrected chi connectivity index (χ0v) is 7.99. The maximum absolute atomic E-state index is 12.4. The smallest absolute Gasteiger partial charge is 0.423 e. The zero-order chi connectivity index (χ0) is 13.2. The van der Waals surface area contributed by atoms with Crippen molar-refractivity contribution in [2.75, 3.05) is 5.32 Å². The summed E-state index contributed by atoms with van der Waals surface area (Å²) in [4.78, 5) is 19.4. The number of nitro groups is 1. The van der Waals surface area contributed by atoms with Crippen LogP contribution < -0.4 is 5.32 Å². The molecule has 0 heterocycles. The number of hydrogen-bond acceptors (Lipinski definition) is 3. The first kappa shape index (κ1) is 12.7. The molecule has 0 aromatic heterocycles. The first-order valence-electron chi connectivity index (χ1n) is 4.07. The molecule has 0 aliphatic heterocycles. The molecule has 1 aromatic carbocycles. The van der Waals surface area contributed by atoms with Gasteiger partial charge in [0.2, 0.25) is 0 Å². The third-order valence-corrected chi connectivity index (χ3v) is 1.75. The minimum absolute atomic E-state index is 0.308. The van der Waals surface area contributed by atoms with Crippen LogP contribution in [-0.2, 0) is 6.18 Å². The summed E-state index contributed by atoms with van der Waals surface area (Å²) in [6, 6.07) is 1.75. The standard InChI is InChI=1S/C8H5F3N2O4/c9-8(10,11)5-2-1-4(12-7(14)15)3-6(5)13(16)17/h1-3,12H,(H,14,15). The van der Waals surface area contributed by atoms with Crippen molar-refractivity contribution in [3.63, 3.8) is 0 Å². The Morgan fingerprint density at radius 1 is 1.41 bits per heavy atom. The third kappa shape index (κ3) is 3.06. The van der Waals surface area contributed by atoms with Crippen LogP contribution in [0, 0.1) is 10.1 Å². The lowest BCUT2D eigenvalue weighted by atomic mass is 10.1. The Morgan fingerprint density at radius 3 is 2.41 bits per heavy atom. The van der Waals surface area contributed by atoms with Crippen LogP contribution >= 0.6 is 0 Å². The molecule has 0 saturated carbocycles. The van der Waals surface area contributed by atoms with Crippen molar-refractivity contribution in [3.8, 4) is 0 Å². The Morgan fingerprint density at radius 2 is 2.00 bits per heavy atom. The quantitative estimate of drug-likeness (QED) is 0.623. The monoisotopic (exact) mass is 250 g/mol. The molecule has 0 aliphatic rings. The molecule has 1 rings (SSSR count). The SMILES string of the molecule is O=C(O)Nc1ccc(C(F)(F)F)c([N+](=O)[O-])c1. The fourth-order valence-corrected chi connectivity index (χ4v) is 1.12. The summed E-state index contributed by atoms with van der Waals surface area (Å²) in [5.74, 6) is 0. The molecule has 17 heavy (non-hydrogen) atoms. The number of nitro benzene ring substituents is 1. The van der Waals surface area contributed by atoms with Gasteiger partial charge in [0, 0.05) is 6.07 Å². The zero-order valence-electron chi connectivity index (χ0n) is 7.99. The van der Waals surface area contributed by atoms with E-state index in [9.17, 15) is 28.1 Å². The van der Waals surface area contributed by atoms with Gasteiger partial charge in [-0.3, -0.25) is 15.4 Å². The van der Waals surface area contributed by atoms with Crippen LogP contribution in [0.5, 0.6) is 0 Å². The molecule has 1 aromatic rings. The van der Waals surface area contributed by atoms with E-state index < -0.39 is 28.4 Å². The minimum Gasteiger partial charge on any atom is -0.465 e. The first-order chi connectivity index (χ1) is 7.71. The number of nitrogens with one attached hydrogen (secondary N) is 1. The molecular weight excluding hydrogens is 245 g/mol. The Balaban J connectivity index is 3.27. The molecule has 0 fully saturated rings. The van der Waals surface area contributed by atoms with Gasteiger partial charge in [-0.25, -0.2) is 4.79 Å². The summed E-state index contributed by atoms with van der Waals surface area (Å²) in [5, 5.41) is 20.5. The second kappa shape index (κ2) is 4.28. The van der Waals surface area contributed by atoms with Gasteiger partial charge in [-0.05, 0) is 12.1 Å². The average molecular weight is 250 g/mol. The number of nitrogens with zero attached hydrogens (tertiary/aromatic N) is 1. The van der Waals surface area contributed by atoms with Crippen molar-refractivity contribution in [2.24, 2.45) is 0 Å². The molecular formula is C8H5F3N2O4. The van der Waals surface area contributed by atoms with Gasteiger partial charge in [0.15, 0.2) is 0 Å². The molecule has 92 valence electrons. The van der Waals surface area contributed by atoms with E-state index in [1.54, 1.807) is 5.32 Å². The van der Waals surface area contributed by atoms with Gasteiger partial charge in [0.25, 0.3) is 5.69 Å². The van der Waals surface area contributed by atoms with E-state index in [2.05, 4.69) is 0 Å². The third-order valence-electron chi connectivity index (χ3n) is 1.75. The summed E-state index contributed by atoms with van der Waals surface area (Å²) in [6.45, 7) is 0. The predicted octanol–water partition coefficient (Wildman–Crippen LogP) is 2.70. The van der Waals surface area contributed by atoms with E-state index in [0.717, 1.165) is 6.07 Å². The lowest BCUT2D eigenvalue weighted by Gasteiger charge is -2.08. The number of carboxylic acid groups (broad SMARTS) is 1. The number of rotatable bonds is 2. The minimum atomic E-state index is -4.87. The van der Waals surface area contributed by atoms with Crippen molar-refractivity contribution >= 4 is 17.5 Å².